The van der Waals surface area contributed by atoms with Gasteiger partial charge in [0.1, 0.15) is 17.7 Å². The van der Waals surface area contributed by atoms with E-state index in [1.54, 1.807) is 35.4 Å². The third-order valence-electron chi connectivity index (χ3n) is 4.50. The number of aliphatic hydroxyl groups excluding tert-OH is 1. The molecule has 0 fully saturated rings. The maximum absolute atomic E-state index is 13.1. The van der Waals surface area contributed by atoms with Gasteiger partial charge < -0.3 is 19.7 Å². The molecule has 0 saturated carbocycles. The average molecular weight is 349 g/mol. The monoisotopic (exact) mass is 349 g/mol. The van der Waals surface area contributed by atoms with Crippen LogP contribution in [0.2, 0.25) is 0 Å². The summed E-state index contributed by atoms with van der Waals surface area (Å²) in [6.45, 7) is 0.850. The van der Waals surface area contributed by atoms with Crippen molar-refractivity contribution >= 4 is 17.4 Å². The van der Waals surface area contributed by atoms with Crippen molar-refractivity contribution in [3.05, 3.63) is 77.9 Å². The summed E-state index contributed by atoms with van der Waals surface area (Å²) in [5, 5.41) is 13.2. The number of nitrogens with zero attached hydrogens (tertiary/aromatic N) is 2. The second-order valence-corrected chi connectivity index (χ2v) is 6.15. The van der Waals surface area contributed by atoms with E-state index in [0.717, 1.165) is 12.1 Å². The van der Waals surface area contributed by atoms with Crippen LogP contribution in [-0.4, -0.2) is 29.1 Å². The first-order valence-corrected chi connectivity index (χ1v) is 8.54. The minimum Gasteiger partial charge on any atom is -0.467 e. The number of furan rings is 1. The number of hydrogen-bond acceptors (Lipinski definition) is 5. The van der Waals surface area contributed by atoms with Crippen LogP contribution >= 0.6 is 0 Å². The number of rotatable bonds is 5. The van der Waals surface area contributed by atoms with Crippen LogP contribution in [0.25, 0.3) is 0 Å². The number of amides is 1. The number of aromatic nitrogens is 1. The highest BCUT2D eigenvalue weighted by atomic mass is 16.4. The Morgan fingerprint density at radius 1 is 1.23 bits per heavy atom. The summed E-state index contributed by atoms with van der Waals surface area (Å²) >= 11 is 0. The summed E-state index contributed by atoms with van der Waals surface area (Å²) < 4.78 is 5.20. The lowest BCUT2D eigenvalue weighted by atomic mass is 10.1. The van der Waals surface area contributed by atoms with Crippen LogP contribution in [0.1, 0.15) is 27.8 Å². The summed E-state index contributed by atoms with van der Waals surface area (Å²) in [5.41, 5.74) is 2.60. The van der Waals surface area contributed by atoms with Gasteiger partial charge in [-0.2, -0.15) is 0 Å². The van der Waals surface area contributed by atoms with Gasteiger partial charge in [0.25, 0.3) is 5.91 Å². The quantitative estimate of drug-likeness (QED) is 0.740. The van der Waals surface area contributed by atoms with Gasteiger partial charge in [0.2, 0.25) is 0 Å². The van der Waals surface area contributed by atoms with Crippen LogP contribution in [0.4, 0.5) is 11.5 Å². The molecule has 2 N–H and O–H groups in total. The second kappa shape index (κ2) is 7.01. The van der Waals surface area contributed by atoms with Gasteiger partial charge in [-0.3, -0.25) is 4.79 Å². The molecule has 0 saturated heterocycles. The summed E-state index contributed by atoms with van der Waals surface area (Å²) in [4.78, 5) is 19.1. The third-order valence-corrected chi connectivity index (χ3v) is 4.50. The van der Waals surface area contributed by atoms with Crippen LogP contribution in [0.3, 0.4) is 0 Å². The van der Waals surface area contributed by atoms with Crippen molar-refractivity contribution in [3.63, 3.8) is 0 Å². The Morgan fingerprint density at radius 2 is 2.12 bits per heavy atom. The van der Waals surface area contributed by atoms with Crippen molar-refractivity contribution in [2.24, 2.45) is 0 Å². The number of para-hydroxylation sites is 1. The van der Waals surface area contributed by atoms with Crippen molar-refractivity contribution in [2.45, 2.75) is 12.5 Å². The number of fused-ring (bicyclic) bond motifs is 1. The number of aliphatic hydroxyl groups is 1. The van der Waals surface area contributed by atoms with Crippen LogP contribution in [0, 0.1) is 0 Å². The van der Waals surface area contributed by atoms with E-state index in [0.29, 0.717) is 23.7 Å². The van der Waals surface area contributed by atoms with Gasteiger partial charge >= 0.3 is 0 Å². The summed E-state index contributed by atoms with van der Waals surface area (Å²) in [6, 6.07) is 14.8. The smallest absolute Gasteiger partial charge is 0.262 e. The molecule has 132 valence electrons. The first-order chi connectivity index (χ1) is 12.7. The molecule has 6 heteroatoms. The number of benzene rings is 1. The van der Waals surface area contributed by atoms with Gasteiger partial charge in [-0.25, -0.2) is 4.98 Å². The lowest BCUT2D eigenvalue weighted by Crippen LogP contribution is -2.30. The average Bonchev–Trinajstić information content (AvgIpc) is 3.35. The third kappa shape index (κ3) is 3.07. The van der Waals surface area contributed by atoms with Crippen LogP contribution in [-0.2, 0) is 6.42 Å². The van der Waals surface area contributed by atoms with E-state index in [-0.39, 0.29) is 12.5 Å². The second-order valence-electron chi connectivity index (χ2n) is 6.15. The van der Waals surface area contributed by atoms with E-state index in [1.807, 2.05) is 24.3 Å². The molecule has 1 aromatic carbocycles. The predicted octanol–water partition coefficient (Wildman–Crippen LogP) is 3.02. The maximum atomic E-state index is 13.1. The van der Waals surface area contributed by atoms with Crippen molar-refractivity contribution in [3.8, 4) is 0 Å². The molecular formula is C20H19N3O3. The van der Waals surface area contributed by atoms with Gasteiger partial charge in [-0.05, 0) is 42.3 Å². The Balaban J connectivity index is 1.53. The highest BCUT2D eigenvalue weighted by Crippen LogP contribution is 2.30. The minimum absolute atomic E-state index is 0.0990. The van der Waals surface area contributed by atoms with Gasteiger partial charge in [-0.1, -0.05) is 18.2 Å². The molecular weight excluding hydrogens is 330 g/mol. The summed E-state index contributed by atoms with van der Waals surface area (Å²) in [7, 11) is 0. The number of nitrogens with one attached hydrogen (secondary N) is 1. The normalized spacial score (nSPS) is 14.1. The fraction of sp³-hybridized carbons (Fsp3) is 0.200. The fourth-order valence-corrected chi connectivity index (χ4v) is 3.19. The molecule has 6 nitrogen and oxygen atoms in total. The van der Waals surface area contributed by atoms with Gasteiger partial charge in [0.05, 0.1) is 11.8 Å². The molecule has 2 aromatic heterocycles. The van der Waals surface area contributed by atoms with E-state index in [2.05, 4.69) is 10.3 Å². The van der Waals surface area contributed by atoms with Crippen molar-refractivity contribution < 1.29 is 14.3 Å². The zero-order valence-electron chi connectivity index (χ0n) is 14.1. The van der Waals surface area contributed by atoms with Gasteiger partial charge in [-0.15, -0.1) is 0 Å². The Labute approximate surface area is 151 Å². The Kier molecular flexibility index (Phi) is 4.41. The standard InChI is InChI=1S/C20H19N3O3/c24-17(18-8-4-12-26-18)13-22-19-15(6-3-10-21-19)20(25)23-11-9-14-5-1-2-7-16(14)23/h1-8,10,12,17,24H,9,11,13H2,(H,21,22)/t17-/m0/s1. The molecule has 26 heavy (non-hydrogen) atoms. The highest BCUT2D eigenvalue weighted by Gasteiger charge is 2.27. The van der Waals surface area contributed by atoms with E-state index >= 15 is 0 Å². The number of carbonyl (C=O) groups is 1. The summed E-state index contributed by atoms with van der Waals surface area (Å²) in [6.07, 6.45) is 3.17. The van der Waals surface area contributed by atoms with Crippen molar-refractivity contribution in [2.75, 3.05) is 23.3 Å². The Hall–Kier alpha value is -3.12. The highest BCUT2D eigenvalue weighted by molar-refractivity contribution is 6.10. The zero-order valence-corrected chi connectivity index (χ0v) is 14.1. The minimum atomic E-state index is -0.817. The van der Waals surface area contributed by atoms with E-state index < -0.39 is 6.10 Å². The molecule has 4 rings (SSSR count). The first-order valence-electron chi connectivity index (χ1n) is 8.54. The largest absolute Gasteiger partial charge is 0.467 e. The van der Waals surface area contributed by atoms with E-state index in [1.165, 1.54) is 11.8 Å². The Morgan fingerprint density at radius 3 is 2.96 bits per heavy atom. The maximum Gasteiger partial charge on any atom is 0.262 e. The van der Waals surface area contributed by atoms with Crippen LogP contribution < -0.4 is 10.2 Å². The molecule has 3 aromatic rings. The molecule has 0 unspecified atom stereocenters. The van der Waals surface area contributed by atoms with E-state index in [4.69, 9.17) is 4.42 Å². The van der Waals surface area contributed by atoms with Crippen molar-refractivity contribution in [1.82, 2.24) is 4.98 Å². The van der Waals surface area contributed by atoms with E-state index in [9.17, 15) is 9.90 Å². The molecule has 0 spiro atoms. The Bertz CT molecular complexity index is 908. The lowest BCUT2D eigenvalue weighted by Gasteiger charge is -2.19. The van der Waals surface area contributed by atoms with Crippen molar-refractivity contribution in [1.29, 1.82) is 0 Å². The molecule has 1 amide bonds. The summed E-state index contributed by atoms with van der Waals surface area (Å²) in [5.74, 6) is 0.820. The number of carbonyl (C=O) groups excluding carboxylic acids is 1. The van der Waals surface area contributed by atoms with Gasteiger partial charge in [0.15, 0.2) is 0 Å². The van der Waals surface area contributed by atoms with Crippen LogP contribution in [0.15, 0.2) is 65.4 Å². The molecule has 1 atom stereocenters. The van der Waals surface area contributed by atoms with Gasteiger partial charge in [0, 0.05) is 25.0 Å². The fourth-order valence-electron chi connectivity index (χ4n) is 3.19. The van der Waals surface area contributed by atoms with Crippen LogP contribution in [0.5, 0.6) is 0 Å². The number of hydrogen-bond donors (Lipinski definition) is 2. The first kappa shape index (κ1) is 16.4. The predicted molar refractivity (Wildman–Crippen MR) is 98.2 cm³/mol. The molecule has 1 aliphatic heterocycles. The number of pyridine rings is 1. The molecule has 0 radical (unpaired) electrons. The topological polar surface area (TPSA) is 78.6 Å². The SMILES string of the molecule is O=C(c1cccnc1NC[C@H](O)c1ccco1)N1CCc2ccccc21. The molecule has 0 aliphatic carbocycles. The molecule has 1 aliphatic rings. The number of anilines is 2. The molecule has 0 bridgehead atoms. The molecule has 3 heterocycles. The lowest BCUT2D eigenvalue weighted by molar-refractivity contribution is 0.0989. The zero-order chi connectivity index (χ0) is 17.9.